The number of carbonyl (C=O) groups excluding carboxylic acids is 1. The molecule has 0 unspecified atom stereocenters. The first kappa shape index (κ1) is 11.4. The number of cyclic esters (lactones) is 1. The monoisotopic (exact) mass is 216 g/mol. The molecule has 3 N–H and O–H groups in total. The zero-order valence-corrected chi connectivity index (χ0v) is 9.10. The normalized spacial score (nSPS) is 26.2. The van der Waals surface area contributed by atoms with E-state index in [0.717, 1.165) is 19.3 Å². The Labute approximate surface area is 88.1 Å². The van der Waals surface area contributed by atoms with Gasteiger partial charge in [0.1, 0.15) is 6.10 Å². The molecule has 0 spiro atoms. The molecule has 5 heteroatoms. The van der Waals surface area contributed by atoms with Crippen LogP contribution in [-0.4, -0.2) is 23.0 Å². The third-order valence-corrected chi connectivity index (χ3v) is 3.07. The van der Waals surface area contributed by atoms with Gasteiger partial charge in [-0.1, -0.05) is 25.1 Å². The van der Waals surface area contributed by atoms with Crippen molar-refractivity contribution >= 4 is 22.9 Å². The van der Waals surface area contributed by atoms with Gasteiger partial charge in [0, 0.05) is 5.75 Å². The van der Waals surface area contributed by atoms with E-state index >= 15 is 0 Å². The Morgan fingerprint density at radius 2 is 2.50 bits per heavy atom. The number of amidine groups is 1. The van der Waals surface area contributed by atoms with Gasteiger partial charge in [0.15, 0.2) is 5.17 Å². The minimum Gasteiger partial charge on any atom is -0.461 e. The molecule has 0 bridgehead atoms. The SMILES string of the molecule is CCC[C@H]1C[C@@H](CSC(=N)N)OC1=O. The molecule has 2 atom stereocenters. The number of esters is 1. The second kappa shape index (κ2) is 5.24. The number of hydrogen-bond donors (Lipinski definition) is 2. The van der Waals surface area contributed by atoms with Crippen LogP contribution in [0.3, 0.4) is 0 Å². The van der Waals surface area contributed by atoms with Crippen molar-refractivity contribution in [1.82, 2.24) is 0 Å². The molecule has 0 aliphatic carbocycles. The van der Waals surface area contributed by atoms with Gasteiger partial charge in [0.05, 0.1) is 5.92 Å². The van der Waals surface area contributed by atoms with Crippen molar-refractivity contribution in [3.8, 4) is 0 Å². The first-order valence-electron chi connectivity index (χ1n) is 4.80. The van der Waals surface area contributed by atoms with Crippen LogP contribution in [0.4, 0.5) is 0 Å². The number of nitrogens with one attached hydrogen (secondary N) is 1. The largest absolute Gasteiger partial charge is 0.461 e. The van der Waals surface area contributed by atoms with E-state index < -0.39 is 0 Å². The van der Waals surface area contributed by atoms with Gasteiger partial charge in [-0.25, -0.2) is 0 Å². The van der Waals surface area contributed by atoms with Crippen LogP contribution in [0.1, 0.15) is 26.2 Å². The summed E-state index contributed by atoms with van der Waals surface area (Å²) >= 11 is 1.23. The van der Waals surface area contributed by atoms with Crippen LogP contribution in [0.15, 0.2) is 0 Å². The lowest BCUT2D eigenvalue weighted by molar-refractivity contribution is -0.143. The van der Waals surface area contributed by atoms with Crippen LogP contribution in [0.5, 0.6) is 0 Å². The van der Waals surface area contributed by atoms with E-state index in [0.29, 0.717) is 5.75 Å². The molecular formula is C9H16N2O2S. The summed E-state index contributed by atoms with van der Waals surface area (Å²) in [5.74, 6) is 0.597. The smallest absolute Gasteiger partial charge is 0.309 e. The molecule has 0 aromatic rings. The highest BCUT2D eigenvalue weighted by atomic mass is 32.2. The zero-order valence-electron chi connectivity index (χ0n) is 8.29. The molecule has 0 radical (unpaired) electrons. The molecule has 1 saturated heterocycles. The lowest BCUT2D eigenvalue weighted by Crippen LogP contribution is -2.14. The molecular weight excluding hydrogens is 200 g/mol. The van der Waals surface area contributed by atoms with Crippen LogP contribution in [0, 0.1) is 11.3 Å². The maximum absolute atomic E-state index is 11.3. The van der Waals surface area contributed by atoms with Crippen LogP contribution in [0.25, 0.3) is 0 Å². The molecule has 0 aromatic carbocycles. The van der Waals surface area contributed by atoms with Gasteiger partial charge >= 0.3 is 5.97 Å². The number of thioether (sulfide) groups is 1. The van der Waals surface area contributed by atoms with Gasteiger partial charge in [-0.05, 0) is 12.8 Å². The van der Waals surface area contributed by atoms with Crippen molar-refractivity contribution < 1.29 is 9.53 Å². The van der Waals surface area contributed by atoms with E-state index in [4.69, 9.17) is 15.9 Å². The van der Waals surface area contributed by atoms with Crippen LogP contribution < -0.4 is 5.73 Å². The summed E-state index contributed by atoms with van der Waals surface area (Å²) in [6, 6.07) is 0. The van der Waals surface area contributed by atoms with E-state index in [1.807, 2.05) is 0 Å². The Hall–Kier alpha value is -0.710. The average Bonchev–Trinajstić information content (AvgIpc) is 2.45. The molecule has 80 valence electrons. The van der Waals surface area contributed by atoms with Gasteiger partial charge in [-0.3, -0.25) is 10.2 Å². The molecule has 1 aliphatic rings. The standard InChI is InChI=1S/C9H16N2O2S/c1-2-3-6-4-7(13-8(6)12)5-14-9(10)11/h6-7H,2-5H2,1H3,(H3,10,11)/t6-,7-/m0/s1. The van der Waals surface area contributed by atoms with Crippen LogP contribution in [-0.2, 0) is 9.53 Å². The fourth-order valence-corrected chi connectivity index (χ4v) is 2.16. The molecule has 4 nitrogen and oxygen atoms in total. The first-order chi connectivity index (χ1) is 6.63. The van der Waals surface area contributed by atoms with E-state index in [2.05, 4.69) is 6.92 Å². The number of nitrogens with two attached hydrogens (primary N) is 1. The van der Waals surface area contributed by atoms with Gasteiger partial charge < -0.3 is 10.5 Å². The third-order valence-electron chi connectivity index (χ3n) is 2.23. The van der Waals surface area contributed by atoms with Gasteiger partial charge in [0.25, 0.3) is 0 Å². The summed E-state index contributed by atoms with van der Waals surface area (Å²) < 4.78 is 5.16. The Bertz CT molecular complexity index is 233. The highest BCUT2D eigenvalue weighted by Gasteiger charge is 2.33. The van der Waals surface area contributed by atoms with Crippen LogP contribution in [0.2, 0.25) is 0 Å². The molecule has 1 aliphatic heterocycles. The second-order valence-electron chi connectivity index (χ2n) is 3.46. The molecule has 0 aromatic heterocycles. The fourth-order valence-electron chi connectivity index (χ4n) is 1.59. The van der Waals surface area contributed by atoms with E-state index in [1.54, 1.807) is 0 Å². The van der Waals surface area contributed by atoms with E-state index in [9.17, 15) is 4.79 Å². The lowest BCUT2D eigenvalue weighted by Gasteiger charge is -2.06. The highest BCUT2D eigenvalue weighted by molar-refractivity contribution is 8.13. The summed E-state index contributed by atoms with van der Waals surface area (Å²) in [6.07, 6.45) is 2.65. The summed E-state index contributed by atoms with van der Waals surface area (Å²) in [5.41, 5.74) is 5.20. The summed E-state index contributed by atoms with van der Waals surface area (Å²) in [6.45, 7) is 2.06. The molecule has 0 amide bonds. The topological polar surface area (TPSA) is 76.2 Å². The Morgan fingerprint density at radius 3 is 3.07 bits per heavy atom. The summed E-state index contributed by atoms with van der Waals surface area (Å²) in [5, 5.41) is 7.12. The first-order valence-corrected chi connectivity index (χ1v) is 5.79. The van der Waals surface area contributed by atoms with Crippen molar-refractivity contribution in [3.63, 3.8) is 0 Å². The average molecular weight is 216 g/mol. The number of rotatable bonds is 4. The molecule has 1 rings (SSSR count). The molecule has 1 heterocycles. The van der Waals surface area contributed by atoms with Gasteiger partial charge in [-0.15, -0.1) is 0 Å². The predicted octanol–water partition coefficient (Wildman–Crippen LogP) is 1.34. The molecule has 1 fully saturated rings. The number of hydrogen-bond acceptors (Lipinski definition) is 4. The fraction of sp³-hybridized carbons (Fsp3) is 0.778. The van der Waals surface area contributed by atoms with Crippen molar-refractivity contribution in [1.29, 1.82) is 5.41 Å². The third kappa shape index (κ3) is 3.21. The van der Waals surface area contributed by atoms with Crippen LogP contribution >= 0.6 is 11.8 Å². The minimum absolute atomic E-state index is 0.0482. The number of carbonyl (C=O) groups is 1. The quantitative estimate of drug-likeness (QED) is 0.422. The minimum atomic E-state index is -0.0824. The Morgan fingerprint density at radius 1 is 1.79 bits per heavy atom. The van der Waals surface area contributed by atoms with Crippen molar-refractivity contribution in [2.45, 2.75) is 32.3 Å². The Kier molecular flexibility index (Phi) is 4.25. The van der Waals surface area contributed by atoms with E-state index in [1.165, 1.54) is 11.8 Å². The Balaban J connectivity index is 2.31. The zero-order chi connectivity index (χ0) is 10.6. The maximum atomic E-state index is 11.3. The predicted molar refractivity (Wildman–Crippen MR) is 57.3 cm³/mol. The van der Waals surface area contributed by atoms with Crippen molar-refractivity contribution in [2.75, 3.05) is 5.75 Å². The summed E-state index contributed by atoms with van der Waals surface area (Å²) in [4.78, 5) is 11.3. The van der Waals surface area contributed by atoms with Gasteiger partial charge in [-0.2, -0.15) is 0 Å². The van der Waals surface area contributed by atoms with E-state index in [-0.39, 0.29) is 23.2 Å². The summed E-state index contributed by atoms with van der Waals surface area (Å²) in [7, 11) is 0. The van der Waals surface area contributed by atoms with Gasteiger partial charge in [0.2, 0.25) is 0 Å². The highest BCUT2D eigenvalue weighted by Crippen LogP contribution is 2.27. The maximum Gasteiger partial charge on any atom is 0.309 e. The molecule has 0 saturated carbocycles. The van der Waals surface area contributed by atoms with Crippen molar-refractivity contribution in [2.24, 2.45) is 11.7 Å². The second-order valence-corrected chi connectivity index (χ2v) is 4.52. The number of ether oxygens (including phenoxy) is 1. The lowest BCUT2D eigenvalue weighted by atomic mass is 10.0. The van der Waals surface area contributed by atoms with Crippen molar-refractivity contribution in [3.05, 3.63) is 0 Å². The molecule has 14 heavy (non-hydrogen) atoms.